The van der Waals surface area contributed by atoms with Crippen molar-refractivity contribution in [3.8, 4) is 0 Å². The minimum Gasteiger partial charge on any atom is -0.294 e. The van der Waals surface area contributed by atoms with Gasteiger partial charge in [-0.1, -0.05) is 37.0 Å². The SMILES string of the molecule is Cc1cc(C)c(C(=O)CCCCC(P=O)C2CCCC2)c(C)c1. The maximum Gasteiger partial charge on any atom is 0.163 e. The highest BCUT2D eigenvalue weighted by Gasteiger charge is 2.25. The molecule has 1 saturated carbocycles. The van der Waals surface area contributed by atoms with Crippen LogP contribution < -0.4 is 0 Å². The maximum atomic E-state index is 12.5. The number of carbonyl (C=O) groups is 1. The molecule has 1 aromatic carbocycles. The summed E-state index contributed by atoms with van der Waals surface area (Å²) in [6.07, 6.45) is 8.58. The number of hydrogen-bond acceptors (Lipinski definition) is 2. The molecule has 1 unspecified atom stereocenters. The van der Waals surface area contributed by atoms with Crippen LogP contribution >= 0.6 is 8.46 Å². The summed E-state index contributed by atoms with van der Waals surface area (Å²) in [6, 6.07) is 4.18. The van der Waals surface area contributed by atoms with Crippen molar-refractivity contribution in [2.24, 2.45) is 5.92 Å². The van der Waals surface area contributed by atoms with Gasteiger partial charge in [0.05, 0.1) is 0 Å². The molecule has 1 fully saturated rings. The third-order valence-electron chi connectivity index (χ3n) is 5.19. The minimum atomic E-state index is 0.261. The molecule has 0 spiro atoms. The Balaban J connectivity index is 1.82. The Labute approximate surface area is 142 Å². The van der Waals surface area contributed by atoms with Gasteiger partial charge in [-0.3, -0.25) is 9.36 Å². The first-order valence-electron chi connectivity index (χ1n) is 8.96. The Hall–Kier alpha value is -1.01. The van der Waals surface area contributed by atoms with E-state index in [9.17, 15) is 9.36 Å². The lowest BCUT2D eigenvalue weighted by Crippen LogP contribution is -2.11. The van der Waals surface area contributed by atoms with Gasteiger partial charge in [-0.05, 0) is 63.5 Å². The van der Waals surface area contributed by atoms with E-state index in [1.165, 1.54) is 31.2 Å². The number of carbonyl (C=O) groups excluding carboxylic acids is 1. The summed E-state index contributed by atoms with van der Waals surface area (Å²) in [7, 11) is 0.308. The summed E-state index contributed by atoms with van der Waals surface area (Å²) < 4.78 is 11.4. The Bertz CT molecular complexity index is 536. The van der Waals surface area contributed by atoms with Crippen LogP contribution in [-0.4, -0.2) is 11.4 Å². The molecule has 126 valence electrons. The minimum absolute atomic E-state index is 0.261. The summed E-state index contributed by atoms with van der Waals surface area (Å²) >= 11 is 0. The Morgan fingerprint density at radius 1 is 1.13 bits per heavy atom. The predicted molar refractivity (Wildman–Crippen MR) is 96.8 cm³/mol. The van der Waals surface area contributed by atoms with E-state index in [0.29, 0.717) is 26.5 Å². The normalized spacial score (nSPS) is 16.8. The number of ketones is 1. The van der Waals surface area contributed by atoms with Gasteiger partial charge in [-0.2, -0.15) is 0 Å². The van der Waals surface area contributed by atoms with E-state index in [0.717, 1.165) is 36.0 Å². The highest BCUT2D eigenvalue weighted by atomic mass is 31.1. The molecule has 1 aliphatic carbocycles. The monoisotopic (exact) mass is 332 g/mol. The fourth-order valence-corrected chi connectivity index (χ4v) is 4.86. The topological polar surface area (TPSA) is 34.1 Å². The quantitative estimate of drug-likeness (QED) is 0.322. The lowest BCUT2D eigenvalue weighted by molar-refractivity contribution is 0.0978. The number of hydrogen-bond donors (Lipinski definition) is 0. The third-order valence-corrected chi connectivity index (χ3v) is 6.14. The number of benzene rings is 1. The number of Topliss-reactive ketones (excluding diaryl/α,β-unsaturated/α-hetero) is 1. The van der Waals surface area contributed by atoms with Crippen molar-refractivity contribution in [2.45, 2.75) is 77.8 Å². The summed E-state index contributed by atoms with van der Waals surface area (Å²) in [5.74, 6) is 0.906. The van der Waals surface area contributed by atoms with Crippen LogP contribution in [0.25, 0.3) is 0 Å². The van der Waals surface area contributed by atoms with E-state index >= 15 is 0 Å². The van der Waals surface area contributed by atoms with E-state index in [4.69, 9.17) is 0 Å². The molecule has 0 heterocycles. The molecule has 0 aromatic heterocycles. The molecular formula is C20H29O2P. The summed E-state index contributed by atoms with van der Waals surface area (Å²) in [5, 5.41) is 0. The molecule has 0 aliphatic heterocycles. The molecule has 2 rings (SSSR count). The molecule has 23 heavy (non-hydrogen) atoms. The molecule has 0 bridgehead atoms. The van der Waals surface area contributed by atoms with E-state index in [-0.39, 0.29) is 5.78 Å². The molecule has 0 amide bonds. The zero-order valence-corrected chi connectivity index (χ0v) is 15.6. The highest BCUT2D eigenvalue weighted by Crippen LogP contribution is 2.35. The molecule has 0 N–H and O–H groups in total. The van der Waals surface area contributed by atoms with Gasteiger partial charge in [0.2, 0.25) is 0 Å². The van der Waals surface area contributed by atoms with Crippen molar-refractivity contribution in [3.63, 3.8) is 0 Å². The number of aryl methyl sites for hydroxylation is 3. The van der Waals surface area contributed by atoms with Crippen LogP contribution in [0, 0.1) is 26.7 Å². The van der Waals surface area contributed by atoms with Crippen LogP contribution in [0.15, 0.2) is 12.1 Å². The number of unbranched alkanes of at least 4 members (excludes halogenated alkanes) is 1. The second-order valence-electron chi connectivity index (χ2n) is 7.16. The first kappa shape index (κ1) is 18.3. The van der Waals surface area contributed by atoms with E-state index in [2.05, 4.69) is 19.1 Å². The van der Waals surface area contributed by atoms with E-state index < -0.39 is 0 Å². The summed E-state index contributed by atoms with van der Waals surface area (Å²) in [4.78, 5) is 12.5. The molecule has 2 nitrogen and oxygen atoms in total. The lowest BCUT2D eigenvalue weighted by atomic mass is 9.93. The van der Waals surface area contributed by atoms with Crippen LogP contribution in [0.1, 0.15) is 78.4 Å². The summed E-state index contributed by atoms with van der Waals surface area (Å²) in [6.45, 7) is 6.12. The fourth-order valence-electron chi connectivity index (χ4n) is 4.10. The molecule has 0 radical (unpaired) electrons. The molecule has 0 saturated heterocycles. The average Bonchev–Trinajstić information content (AvgIpc) is 3.00. The first-order valence-corrected chi connectivity index (χ1v) is 9.84. The third kappa shape index (κ3) is 4.98. The van der Waals surface area contributed by atoms with Gasteiger partial charge >= 0.3 is 0 Å². The van der Waals surface area contributed by atoms with Crippen LogP contribution in [0.5, 0.6) is 0 Å². The van der Waals surface area contributed by atoms with Crippen molar-refractivity contribution < 1.29 is 9.36 Å². The van der Waals surface area contributed by atoms with Gasteiger partial charge < -0.3 is 0 Å². The van der Waals surface area contributed by atoms with Crippen LogP contribution in [0.4, 0.5) is 0 Å². The summed E-state index contributed by atoms with van der Waals surface area (Å²) in [5.41, 5.74) is 4.62. The molecule has 1 aromatic rings. The zero-order valence-electron chi connectivity index (χ0n) is 14.7. The van der Waals surface area contributed by atoms with Gasteiger partial charge in [0, 0.05) is 17.6 Å². The average molecular weight is 332 g/mol. The van der Waals surface area contributed by atoms with Crippen molar-refractivity contribution in [3.05, 3.63) is 34.4 Å². The maximum absolute atomic E-state index is 12.5. The Morgan fingerprint density at radius 2 is 1.74 bits per heavy atom. The predicted octanol–water partition coefficient (Wildman–Crippen LogP) is 6.21. The van der Waals surface area contributed by atoms with Gasteiger partial charge in [-0.25, -0.2) is 0 Å². The van der Waals surface area contributed by atoms with Gasteiger partial charge in [0.1, 0.15) is 0 Å². The van der Waals surface area contributed by atoms with Crippen molar-refractivity contribution in [1.29, 1.82) is 0 Å². The Kier molecular flexibility index (Phi) is 6.96. The standard InChI is InChI=1S/C20H29O2P/c1-14-12-15(2)20(16(3)13-14)18(21)10-6-7-11-19(23-22)17-8-4-5-9-17/h12-13,17,19H,4-11H2,1-3H3. The fraction of sp³-hybridized carbons (Fsp3) is 0.650. The van der Waals surface area contributed by atoms with Gasteiger partial charge in [0.25, 0.3) is 0 Å². The van der Waals surface area contributed by atoms with Crippen molar-refractivity contribution in [1.82, 2.24) is 0 Å². The van der Waals surface area contributed by atoms with E-state index in [1.807, 2.05) is 13.8 Å². The first-order chi connectivity index (χ1) is 11.0. The van der Waals surface area contributed by atoms with Crippen LogP contribution in [0.3, 0.4) is 0 Å². The second-order valence-corrected chi connectivity index (χ2v) is 8.03. The highest BCUT2D eigenvalue weighted by molar-refractivity contribution is 7.24. The molecule has 1 atom stereocenters. The second kappa shape index (κ2) is 8.73. The van der Waals surface area contributed by atoms with E-state index in [1.54, 1.807) is 0 Å². The largest absolute Gasteiger partial charge is 0.294 e. The Morgan fingerprint density at radius 3 is 2.30 bits per heavy atom. The van der Waals surface area contributed by atoms with Crippen LogP contribution in [0.2, 0.25) is 0 Å². The van der Waals surface area contributed by atoms with Crippen molar-refractivity contribution >= 4 is 14.2 Å². The van der Waals surface area contributed by atoms with Crippen molar-refractivity contribution in [2.75, 3.05) is 0 Å². The van der Waals surface area contributed by atoms with Gasteiger partial charge in [-0.15, -0.1) is 0 Å². The number of rotatable bonds is 8. The molecule has 3 heteroatoms. The van der Waals surface area contributed by atoms with Gasteiger partial charge in [0.15, 0.2) is 14.2 Å². The lowest BCUT2D eigenvalue weighted by Gasteiger charge is -2.16. The molecular weight excluding hydrogens is 303 g/mol. The van der Waals surface area contributed by atoms with Crippen LogP contribution in [-0.2, 0) is 4.57 Å². The zero-order chi connectivity index (χ0) is 16.8. The smallest absolute Gasteiger partial charge is 0.163 e. The molecule has 1 aliphatic rings.